The fraction of sp³-hybridized carbons (Fsp3) is 1.00. The lowest BCUT2D eigenvalue weighted by atomic mass is 9.80. The van der Waals surface area contributed by atoms with Crippen molar-refractivity contribution in [1.29, 1.82) is 0 Å². The van der Waals surface area contributed by atoms with Gasteiger partial charge in [-0.05, 0) is 45.2 Å². The normalized spacial score (nSPS) is 52.3. The molecule has 3 nitrogen and oxygen atoms in total. The van der Waals surface area contributed by atoms with Gasteiger partial charge in [0.1, 0.15) is 0 Å². The van der Waals surface area contributed by atoms with Gasteiger partial charge in [-0.15, -0.1) is 0 Å². The summed E-state index contributed by atoms with van der Waals surface area (Å²) in [7, 11) is 2.18. The molecule has 80 valence electrons. The van der Waals surface area contributed by atoms with Crippen LogP contribution in [0.2, 0.25) is 0 Å². The first kappa shape index (κ1) is 9.13. The van der Waals surface area contributed by atoms with E-state index in [2.05, 4.69) is 17.3 Å². The molecule has 2 atom stereocenters. The lowest BCUT2D eigenvalue weighted by molar-refractivity contribution is -0.0207. The molecule has 1 heterocycles. The SMILES string of the molecule is CN1CC[C@H](NC2CC3(O)CC2C3)C1. The third kappa shape index (κ3) is 1.38. The Morgan fingerprint density at radius 3 is 2.64 bits per heavy atom. The Morgan fingerprint density at radius 1 is 1.36 bits per heavy atom. The van der Waals surface area contributed by atoms with Crippen LogP contribution < -0.4 is 5.32 Å². The fourth-order valence-corrected chi connectivity index (χ4v) is 3.51. The van der Waals surface area contributed by atoms with E-state index >= 15 is 0 Å². The minimum absolute atomic E-state index is 0.271. The molecule has 4 rings (SSSR count). The zero-order chi connectivity index (χ0) is 9.76. The number of likely N-dealkylation sites (N-methyl/N-ethyl adjacent to an activating group) is 1. The Kier molecular flexibility index (Phi) is 1.92. The fourth-order valence-electron chi connectivity index (χ4n) is 3.51. The maximum absolute atomic E-state index is 9.91. The van der Waals surface area contributed by atoms with E-state index in [0.717, 1.165) is 25.2 Å². The highest BCUT2D eigenvalue weighted by Crippen LogP contribution is 2.51. The van der Waals surface area contributed by atoms with Crippen LogP contribution in [0.15, 0.2) is 0 Å². The summed E-state index contributed by atoms with van der Waals surface area (Å²) >= 11 is 0. The van der Waals surface area contributed by atoms with Crippen LogP contribution >= 0.6 is 0 Å². The lowest BCUT2D eigenvalue weighted by Crippen LogP contribution is -2.41. The zero-order valence-electron chi connectivity index (χ0n) is 8.87. The number of likely N-dealkylation sites (tertiary alicyclic amines) is 1. The average molecular weight is 196 g/mol. The van der Waals surface area contributed by atoms with Crippen LogP contribution in [0, 0.1) is 5.92 Å². The van der Waals surface area contributed by atoms with Crippen LogP contribution in [0.1, 0.15) is 25.7 Å². The van der Waals surface area contributed by atoms with Crippen LogP contribution in [0.3, 0.4) is 0 Å². The first-order chi connectivity index (χ1) is 6.65. The number of nitrogens with zero attached hydrogens (tertiary/aromatic N) is 1. The highest BCUT2D eigenvalue weighted by Gasteiger charge is 2.55. The van der Waals surface area contributed by atoms with E-state index in [4.69, 9.17) is 0 Å². The number of fused-ring (bicyclic) bond motifs is 1. The second kappa shape index (κ2) is 2.94. The summed E-state index contributed by atoms with van der Waals surface area (Å²) in [5.74, 6) is 0.769. The van der Waals surface area contributed by atoms with Crippen molar-refractivity contribution in [1.82, 2.24) is 10.2 Å². The van der Waals surface area contributed by atoms with Crippen molar-refractivity contribution in [2.24, 2.45) is 5.92 Å². The number of hydrogen-bond acceptors (Lipinski definition) is 3. The van der Waals surface area contributed by atoms with Gasteiger partial charge in [-0.1, -0.05) is 0 Å². The summed E-state index contributed by atoms with van der Waals surface area (Å²) in [4.78, 5) is 2.38. The van der Waals surface area contributed by atoms with E-state index in [1.165, 1.54) is 19.5 Å². The largest absolute Gasteiger partial charge is 0.390 e. The molecule has 0 aromatic rings. The number of nitrogens with one attached hydrogen (secondary N) is 1. The van der Waals surface area contributed by atoms with Crippen LogP contribution in [-0.4, -0.2) is 47.8 Å². The first-order valence-electron chi connectivity index (χ1n) is 5.82. The van der Waals surface area contributed by atoms with Crippen molar-refractivity contribution in [2.75, 3.05) is 20.1 Å². The molecule has 14 heavy (non-hydrogen) atoms. The lowest BCUT2D eigenvalue weighted by Gasteiger charge is -2.33. The van der Waals surface area contributed by atoms with Gasteiger partial charge in [0.15, 0.2) is 0 Å². The zero-order valence-corrected chi connectivity index (χ0v) is 8.87. The molecule has 1 saturated heterocycles. The molecule has 1 aliphatic heterocycles. The summed E-state index contributed by atoms with van der Waals surface area (Å²) in [5, 5.41) is 13.6. The minimum Gasteiger partial charge on any atom is -0.390 e. The molecule has 4 fully saturated rings. The van der Waals surface area contributed by atoms with Crippen molar-refractivity contribution in [3.05, 3.63) is 0 Å². The Bertz CT molecular complexity index is 237. The van der Waals surface area contributed by atoms with Gasteiger partial charge in [0, 0.05) is 18.6 Å². The van der Waals surface area contributed by atoms with Gasteiger partial charge >= 0.3 is 0 Å². The van der Waals surface area contributed by atoms with Crippen molar-refractivity contribution in [3.63, 3.8) is 0 Å². The second-order valence-corrected chi connectivity index (χ2v) is 5.62. The van der Waals surface area contributed by atoms with Crippen LogP contribution in [0.5, 0.6) is 0 Å². The van der Waals surface area contributed by atoms with Gasteiger partial charge < -0.3 is 15.3 Å². The van der Waals surface area contributed by atoms with Gasteiger partial charge in [0.05, 0.1) is 5.60 Å². The smallest absolute Gasteiger partial charge is 0.0669 e. The molecule has 0 amide bonds. The highest BCUT2D eigenvalue weighted by molar-refractivity contribution is 5.10. The van der Waals surface area contributed by atoms with Crippen molar-refractivity contribution >= 4 is 0 Å². The number of aliphatic hydroxyl groups is 1. The molecule has 0 aromatic carbocycles. The summed E-state index contributed by atoms with van der Waals surface area (Å²) in [6.45, 7) is 2.40. The number of hydrogen-bond donors (Lipinski definition) is 2. The molecule has 1 unspecified atom stereocenters. The summed E-state index contributed by atoms with van der Waals surface area (Å²) in [5.41, 5.74) is -0.271. The number of rotatable bonds is 2. The van der Waals surface area contributed by atoms with Crippen LogP contribution in [-0.2, 0) is 0 Å². The van der Waals surface area contributed by atoms with E-state index in [0.29, 0.717) is 12.1 Å². The predicted molar refractivity (Wildman–Crippen MR) is 55.1 cm³/mol. The molecule has 4 aliphatic rings. The van der Waals surface area contributed by atoms with E-state index in [9.17, 15) is 5.11 Å². The molecule has 2 N–H and O–H groups in total. The Balaban J connectivity index is 1.54. The van der Waals surface area contributed by atoms with Gasteiger partial charge in [-0.25, -0.2) is 0 Å². The van der Waals surface area contributed by atoms with E-state index in [1.54, 1.807) is 0 Å². The third-order valence-electron chi connectivity index (χ3n) is 4.29. The molecule has 3 aliphatic carbocycles. The van der Waals surface area contributed by atoms with Crippen LogP contribution in [0.25, 0.3) is 0 Å². The van der Waals surface area contributed by atoms with E-state index < -0.39 is 0 Å². The molecule has 0 spiro atoms. The minimum atomic E-state index is -0.271. The topological polar surface area (TPSA) is 35.5 Å². The van der Waals surface area contributed by atoms with Crippen molar-refractivity contribution in [3.8, 4) is 0 Å². The Hall–Kier alpha value is -0.120. The molecule has 3 saturated carbocycles. The Labute approximate surface area is 85.5 Å². The van der Waals surface area contributed by atoms with E-state index in [-0.39, 0.29) is 5.60 Å². The molecular formula is C11H20N2O. The van der Waals surface area contributed by atoms with Gasteiger partial charge in [0.2, 0.25) is 0 Å². The van der Waals surface area contributed by atoms with Gasteiger partial charge in [-0.2, -0.15) is 0 Å². The third-order valence-corrected chi connectivity index (χ3v) is 4.29. The molecule has 3 heteroatoms. The van der Waals surface area contributed by atoms with E-state index in [1.807, 2.05) is 0 Å². The highest BCUT2D eigenvalue weighted by atomic mass is 16.3. The monoisotopic (exact) mass is 196 g/mol. The summed E-state index contributed by atoms with van der Waals surface area (Å²) in [6, 6.07) is 1.28. The molecule has 0 radical (unpaired) electrons. The van der Waals surface area contributed by atoms with Crippen molar-refractivity contribution < 1.29 is 5.11 Å². The summed E-state index contributed by atoms with van der Waals surface area (Å²) < 4.78 is 0. The Morgan fingerprint density at radius 2 is 2.14 bits per heavy atom. The standard InChI is InChI=1S/C11H20N2O/c1-13-3-2-9(7-13)12-10-6-11(14)4-8(10)5-11/h8-10,12,14H,2-7H2,1H3/t8?,9-,10?,11?/m0/s1. The second-order valence-electron chi connectivity index (χ2n) is 5.62. The summed E-state index contributed by atoms with van der Waals surface area (Å²) in [6.07, 6.45) is 4.37. The van der Waals surface area contributed by atoms with Gasteiger partial charge in [0.25, 0.3) is 0 Å². The maximum Gasteiger partial charge on any atom is 0.0669 e. The first-order valence-corrected chi connectivity index (χ1v) is 5.82. The maximum atomic E-state index is 9.91. The molecule has 2 bridgehead atoms. The van der Waals surface area contributed by atoms with Crippen LogP contribution in [0.4, 0.5) is 0 Å². The van der Waals surface area contributed by atoms with Crippen molar-refractivity contribution in [2.45, 2.75) is 43.4 Å². The van der Waals surface area contributed by atoms with Gasteiger partial charge in [-0.3, -0.25) is 0 Å². The predicted octanol–water partition coefficient (Wildman–Crippen LogP) is 0.193. The average Bonchev–Trinajstić information content (AvgIpc) is 2.65. The molecular weight excluding hydrogens is 176 g/mol. The molecule has 0 aromatic heterocycles. The quantitative estimate of drug-likeness (QED) is 0.662.